The van der Waals surface area contributed by atoms with Gasteiger partial charge in [-0.25, -0.2) is 9.59 Å². The number of hydrogen-bond acceptors (Lipinski definition) is 4. The summed E-state index contributed by atoms with van der Waals surface area (Å²) in [5.74, 6) is -3.71. The molecule has 42 heavy (non-hydrogen) atoms. The predicted octanol–water partition coefficient (Wildman–Crippen LogP) is 8.05. The molecule has 0 aliphatic carbocycles. The molecule has 0 aliphatic heterocycles. The molecular weight excluding hydrogens is 530 g/mol. The fourth-order valence-corrected chi connectivity index (χ4v) is 6.78. The SMILES string of the molecule is CCCCCCCCCCCCCCCCCCC/C=C/CC[N+](C(CC)C(=O)[O-])(C(CC)C(=O)O)C(CC)C(=O)O. The number of aliphatic carboxylic acids is 3. The third-order valence-electron chi connectivity index (χ3n) is 9.07. The van der Waals surface area contributed by atoms with Crippen LogP contribution in [-0.2, 0) is 14.4 Å². The van der Waals surface area contributed by atoms with Crippen LogP contribution in [0.1, 0.15) is 169 Å². The van der Waals surface area contributed by atoms with Crippen LogP contribution in [-0.4, -0.2) is 57.3 Å². The van der Waals surface area contributed by atoms with Gasteiger partial charge in [-0.2, -0.15) is 0 Å². The van der Waals surface area contributed by atoms with Crippen molar-refractivity contribution in [3.63, 3.8) is 0 Å². The van der Waals surface area contributed by atoms with Crippen molar-refractivity contribution in [1.82, 2.24) is 0 Å². The Bertz CT molecular complexity index is 682. The molecule has 0 aromatic heterocycles. The molecule has 0 aromatic rings. The van der Waals surface area contributed by atoms with Crippen molar-refractivity contribution in [2.45, 2.75) is 187 Å². The standard InChI is InChI=1S/C35H65NO6/c1-5-9-10-11-12-13-14-15-16-17-18-19-20-21-22-23-24-25-26-27-28-29-36(30(6-2)33(37)38,31(7-3)34(39)40)32(8-4)35(41)42/h26-27,30-32H,5-25,28-29H2,1-4H3,(H2-,37,38,39,40,41,42)/b27-26+. The largest absolute Gasteiger partial charge is 0.544 e. The van der Waals surface area contributed by atoms with Crippen molar-refractivity contribution in [1.29, 1.82) is 0 Å². The Morgan fingerprint density at radius 2 is 0.881 bits per heavy atom. The van der Waals surface area contributed by atoms with Crippen molar-refractivity contribution < 1.29 is 34.2 Å². The molecule has 0 bridgehead atoms. The molecule has 2 N–H and O–H groups in total. The van der Waals surface area contributed by atoms with Crippen LogP contribution in [0.2, 0.25) is 0 Å². The summed E-state index contributed by atoms with van der Waals surface area (Å²) in [4.78, 5) is 36.6. The molecule has 0 aliphatic rings. The molecule has 0 amide bonds. The van der Waals surface area contributed by atoms with Crippen LogP contribution in [0, 0.1) is 0 Å². The highest BCUT2D eigenvalue weighted by molar-refractivity contribution is 5.77. The van der Waals surface area contributed by atoms with Crippen LogP contribution < -0.4 is 5.11 Å². The fourth-order valence-electron chi connectivity index (χ4n) is 6.78. The van der Waals surface area contributed by atoms with E-state index >= 15 is 0 Å². The van der Waals surface area contributed by atoms with Crippen LogP contribution in [0.4, 0.5) is 0 Å². The number of carbonyl (C=O) groups excluding carboxylic acids is 1. The minimum Gasteiger partial charge on any atom is -0.544 e. The van der Waals surface area contributed by atoms with Gasteiger partial charge < -0.3 is 20.1 Å². The van der Waals surface area contributed by atoms with Crippen LogP contribution in [0.5, 0.6) is 0 Å². The Hall–Kier alpha value is -1.89. The van der Waals surface area contributed by atoms with Crippen molar-refractivity contribution in [2.24, 2.45) is 0 Å². The second-order valence-electron chi connectivity index (χ2n) is 12.2. The zero-order valence-corrected chi connectivity index (χ0v) is 27.6. The number of hydrogen-bond donors (Lipinski definition) is 2. The van der Waals surface area contributed by atoms with Crippen molar-refractivity contribution in [3.8, 4) is 0 Å². The Kier molecular flexibility index (Phi) is 24.4. The molecule has 7 nitrogen and oxygen atoms in total. The highest BCUT2D eigenvalue weighted by atomic mass is 16.4. The van der Waals surface area contributed by atoms with Crippen LogP contribution in [0.15, 0.2) is 12.2 Å². The quantitative estimate of drug-likeness (QED) is 0.0493. The maximum Gasteiger partial charge on any atom is 0.362 e. The lowest BCUT2D eigenvalue weighted by molar-refractivity contribution is -0.974. The Balaban J connectivity index is 4.42. The minimum atomic E-state index is -1.38. The fraction of sp³-hybridized carbons (Fsp3) is 0.857. The number of carbonyl (C=O) groups is 3. The number of nitrogens with zero attached hydrogens (tertiary/aromatic N) is 1. The number of carboxylic acids is 3. The van der Waals surface area contributed by atoms with Crippen molar-refractivity contribution in [3.05, 3.63) is 12.2 Å². The van der Waals surface area contributed by atoms with Gasteiger partial charge in [-0.3, -0.25) is 4.48 Å². The van der Waals surface area contributed by atoms with Gasteiger partial charge in [0.05, 0.1) is 12.5 Å². The van der Waals surface area contributed by atoms with Gasteiger partial charge in [0.25, 0.3) is 0 Å². The maximum absolute atomic E-state index is 12.2. The van der Waals surface area contributed by atoms with E-state index in [4.69, 9.17) is 0 Å². The third kappa shape index (κ3) is 15.5. The molecule has 3 atom stereocenters. The number of allylic oxidation sites excluding steroid dienone is 1. The van der Waals surface area contributed by atoms with Gasteiger partial charge in [-0.05, 0) is 12.8 Å². The van der Waals surface area contributed by atoms with Gasteiger partial charge in [0.1, 0.15) is 6.04 Å². The lowest BCUT2D eigenvalue weighted by atomic mass is 9.94. The van der Waals surface area contributed by atoms with Crippen molar-refractivity contribution >= 4 is 17.9 Å². The molecule has 0 heterocycles. The van der Waals surface area contributed by atoms with E-state index in [-0.39, 0.29) is 25.8 Å². The zero-order valence-electron chi connectivity index (χ0n) is 27.6. The Morgan fingerprint density at radius 1 is 0.548 bits per heavy atom. The molecule has 246 valence electrons. The van der Waals surface area contributed by atoms with E-state index in [1.807, 2.05) is 6.08 Å². The van der Waals surface area contributed by atoms with Crippen LogP contribution in [0.25, 0.3) is 0 Å². The number of carboxylic acid groups (broad SMARTS) is 3. The molecule has 0 fully saturated rings. The summed E-state index contributed by atoms with van der Waals surface area (Å²) >= 11 is 0. The van der Waals surface area contributed by atoms with E-state index in [0.717, 1.165) is 12.8 Å². The molecule has 0 saturated heterocycles. The monoisotopic (exact) mass is 595 g/mol. The van der Waals surface area contributed by atoms with Gasteiger partial charge in [0.15, 0.2) is 12.1 Å². The number of quaternary nitrogens is 1. The molecule has 0 saturated carbocycles. The van der Waals surface area contributed by atoms with E-state index in [1.165, 1.54) is 103 Å². The minimum absolute atomic E-state index is 0.110. The van der Waals surface area contributed by atoms with Gasteiger partial charge in [-0.15, -0.1) is 0 Å². The first kappa shape index (κ1) is 40.1. The Morgan fingerprint density at radius 3 is 1.19 bits per heavy atom. The van der Waals surface area contributed by atoms with E-state index in [2.05, 4.69) is 13.0 Å². The lowest BCUT2D eigenvalue weighted by Crippen LogP contribution is -2.73. The molecule has 0 rings (SSSR count). The second-order valence-corrected chi connectivity index (χ2v) is 12.2. The van der Waals surface area contributed by atoms with E-state index in [0.29, 0.717) is 6.42 Å². The average Bonchev–Trinajstić information content (AvgIpc) is 2.94. The summed E-state index contributed by atoms with van der Waals surface area (Å²) in [7, 11) is 0. The molecule has 7 heteroatoms. The van der Waals surface area contributed by atoms with Crippen LogP contribution >= 0.6 is 0 Å². The molecule has 3 unspecified atom stereocenters. The lowest BCUT2D eigenvalue weighted by Gasteiger charge is -2.51. The number of unbranched alkanes of at least 4 members (excludes halogenated alkanes) is 17. The summed E-state index contributed by atoms with van der Waals surface area (Å²) in [6.45, 7) is 7.42. The van der Waals surface area contributed by atoms with E-state index in [9.17, 15) is 29.7 Å². The highest BCUT2D eigenvalue weighted by Gasteiger charge is 2.53. The van der Waals surface area contributed by atoms with Crippen molar-refractivity contribution in [2.75, 3.05) is 6.54 Å². The predicted molar refractivity (Wildman–Crippen MR) is 170 cm³/mol. The summed E-state index contributed by atoms with van der Waals surface area (Å²) in [6.07, 6.45) is 28.5. The molecular formula is C35H65NO6. The summed E-state index contributed by atoms with van der Waals surface area (Å²) in [5.41, 5.74) is 0. The topological polar surface area (TPSA) is 115 Å². The first-order valence-corrected chi connectivity index (χ1v) is 17.4. The first-order valence-electron chi connectivity index (χ1n) is 17.4. The van der Waals surface area contributed by atoms with Gasteiger partial charge in [0, 0.05) is 25.7 Å². The molecule has 0 radical (unpaired) electrons. The van der Waals surface area contributed by atoms with Gasteiger partial charge >= 0.3 is 11.9 Å². The summed E-state index contributed by atoms with van der Waals surface area (Å²) < 4.78 is -0.514. The summed E-state index contributed by atoms with van der Waals surface area (Å²) in [5, 5.41) is 32.1. The number of rotatable bonds is 30. The summed E-state index contributed by atoms with van der Waals surface area (Å²) in [6, 6.07) is -3.47. The first-order chi connectivity index (χ1) is 20.2. The van der Waals surface area contributed by atoms with Gasteiger partial charge in [0.2, 0.25) is 0 Å². The third-order valence-corrected chi connectivity index (χ3v) is 9.07. The molecule has 0 aromatic carbocycles. The Labute approximate surface area is 257 Å². The zero-order chi connectivity index (χ0) is 31.6. The van der Waals surface area contributed by atoms with E-state index < -0.39 is 40.5 Å². The smallest absolute Gasteiger partial charge is 0.362 e. The highest BCUT2D eigenvalue weighted by Crippen LogP contribution is 2.32. The molecule has 0 spiro atoms. The van der Waals surface area contributed by atoms with Crippen LogP contribution in [0.3, 0.4) is 0 Å². The normalized spacial score (nSPS) is 15.3. The van der Waals surface area contributed by atoms with Gasteiger partial charge in [-0.1, -0.05) is 143 Å². The second kappa shape index (κ2) is 25.6. The van der Waals surface area contributed by atoms with E-state index in [1.54, 1.807) is 20.8 Å². The average molecular weight is 596 g/mol. The maximum atomic E-state index is 12.2.